The molecule has 3 heterocycles. The summed E-state index contributed by atoms with van der Waals surface area (Å²) < 4.78 is 6.88. The van der Waals surface area contributed by atoms with Crippen LogP contribution in [0.1, 0.15) is 31.9 Å². The maximum atomic E-state index is 12.5. The van der Waals surface area contributed by atoms with Crippen LogP contribution in [-0.2, 0) is 9.53 Å². The average Bonchev–Trinajstić information content (AvgIpc) is 2.99. The van der Waals surface area contributed by atoms with Crippen molar-refractivity contribution in [1.82, 2.24) is 25.2 Å². The second-order valence-corrected chi connectivity index (χ2v) is 4.93. The fraction of sp³-hybridized carbons (Fsp3) is 0.357. The van der Waals surface area contributed by atoms with Crippen LogP contribution in [0.15, 0.2) is 35.8 Å². The predicted octanol–water partition coefficient (Wildman–Crippen LogP) is 1.31. The van der Waals surface area contributed by atoms with Crippen LogP contribution in [-0.4, -0.2) is 37.8 Å². The third kappa shape index (κ3) is 2.43. The molecular formula is C14H16N6O2. The van der Waals surface area contributed by atoms with E-state index in [1.165, 1.54) is 0 Å². The molecule has 2 aromatic rings. The summed E-state index contributed by atoms with van der Waals surface area (Å²) in [5.74, 6) is 0.126. The molecule has 0 aromatic carbocycles. The predicted molar refractivity (Wildman–Crippen MR) is 77.8 cm³/mol. The molecule has 1 aliphatic rings. The van der Waals surface area contributed by atoms with E-state index >= 15 is 0 Å². The molecule has 0 amide bonds. The summed E-state index contributed by atoms with van der Waals surface area (Å²) in [5.41, 5.74) is 2.05. The fourth-order valence-electron chi connectivity index (χ4n) is 2.40. The standard InChI is InChI=1S/C14H16N6O2/c1-3-8-22-13(21)11-9(2)16-14-17-18-19-20(14)12(11)10-4-6-15-7-5-10/h4-7,12H,3,8H2,1-2H3,(H,16,17,19). The van der Waals surface area contributed by atoms with Gasteiger partial charge in [-0.1, -0.05) is 12.0 Å². The summed E-state index contributed by atoms with van der Waals surface area (Å²) in [7, 11) is 0. The minimum Gasteiger partial charge on any atom is -0.462 e. The SMILES string of the molecule is CCCOC(=O)C1=C(C)Nc2nnnn2C1c1ccncc1. The molecule has 0 fully saturated rings. The van der Waals surface area contributed by atoms with Gasteiger partial charge < -0.3 is 10.1 Å². The molecule has 0 saturated carbocycles. The number of carbonyl (C=O) groups excluding carboxylic acids is 1. The summed E-state index contributed by atoms with van der Waals surface area (Å²) in [5, 5.41) is 14.6. The Morgan fingerprint density at radius 1 is 1.41 bits per heavy atom. The first-order chi connectivity index (χ1) is 10.7. The van der Waals surface area contributed by atoms with Crippen LogP contribution in [0, 0.1) is 0 Å². The van der Waals surface area contributed by atoms with Crippen LogP contribution < -0.4 is 5.32 Å². The Balaban J connectivity index is 2.06. The maximum absolute atomic E-state index is 12.5. The van der Waals surface area contributed by atoms with Crippen molar-refractivity contribution in [3.63, 3.8) is 0 Å². The number of fused-ring (bicyclic) bond motifs is 1. The zero-order chi connectivity index (χ0) is 15.5. The van der Waals surface area contributed by atoms with Crippen LogP contribution in [0.5, 0.6) is 0 Å². The Hall–Kier alpha value is -2.77. The quantitative estimate of drug-likeness (QED) is 0.850. The van der Waals surface area contributed by atoms with Gasteiger partial charge in [-0.3, -0.25) is 4.98 Å². The Bertz CT molecular complexity index is 709. The van der Waals surface area contributed by atoms with Gasteiger partial charge in [-0.25, -0.2) is 4.79 Å². The number of carbonyl (C=O) groups is 1. The van der Waals surface area contributed by atoms with Gasteiger partial charge in [-0.05, 0) is 41.5 Å². The van der Waals surface area contributed by atoms with Gasteiger partial charge in [0.1, 0.15) is 6.04 Å². The molecule has 0 radical (unpaired) electrons. The number of nitrogens with zero attached hydrogens (tertiary/aromatic N) is 5. The Morgan fingerprint density at radius 3 is 2.91 bits per heavy atom. The van der Waals surface area contributed by atoms with E-state index in [2.05, 4.69) is 25.8 Å². The van der Waals surface area contributed by atoms with Gasteiger partial charge in [0.05, 0.1) is 12.2 Å². The molecular weight excluding hydrogens is 284 g/mol. The van der Waals surface area contributed by atoms with E-state index in [0.29, 0.717) is 23.8 Å². The molecule has 1 unspecified atom stereocenters. The molecule has 3 rings (SSSR count). The second-order valence-electron chi connectivity index (χ2n) is 4.93. The third-order valence-corrected chi connectivity index (χ3v) is 3.39. The number of pyridine rings is 1. The summed E-state index contributed by atoms with van der Waals surface area (Å²) in [6.07, 6.45) is 4.11. The molecule has 2 aromatic heterocycles. The molecule has 0 aliphatic carbocycles. The van der Waals surface area contributed by atoms with E-state index < -0.39 is 6.04 Å². The summed E-state index contributed by atoms with van der Waals surface area (Å²) in [6.45, 7) is 4.14. The fourth-order valence-corrected chi connectivity index (χ4v) is 2.40. The van der Waals surface area contributed by atoms with Crippen LogP contribution in [0.2, 0.25) is 0 Å². The molecule has 22 heavy (non-hydrogen) atoms. The highest BCUT2D eigenvalue weighted by molar-refractivity contribution is 5.92. The van der Waals surface area contributed by atoms with Gasteiger partial charge in [-0.15, -0.1) is 0 Å². The Kier molecular flexibility index (Phi) is 3.82. The third-order valence-electron chi connectivity index (χ3n) is 3.39. The average molecular weight is 300 g/mol. The zero-order valence-electron chi connectivity index (χ0n) is 12.4. The van der Waals surface area contributed by atoms with Crippen molar-refractivity contribution in [1.29, 1.82) is 0 Å². The first-order valence-electron chi connectivity index (χ1n) is 7.05. The number of hydrogen-bond acceptors (Lipinski definition) is 7. The lowest BCUT2D eigenvalue weighted by atomic mass is 9.97. The molecule has 8 heteroatoms. The van der Waals surface area contributed by atoms with E-state index in [-0.39, 0.29) is 5.97 Å². The van der Waals surface area contributed by atoms with E-state index in [4.69, 9.17) is 4.74 Å². The van der Waals surface area contributed by atoms with Crippen LogP contribution in [0.3, 0.4) is 0 Å². The number of esters is 1. The first-order valence-corrected chi connectivity index (χ1v) is 7.05. The molecule has 0 saturated heterocycles. The highest BCUT2D eigenvalue weighted by Gasteiger charge is 2.34. The lowest BCUT2D eigenvalue weighted by Gasteiger charge is -2.27. The lowest BCUT2D eigenvalue weighted by Crippen LogP contribution is -2.29. The smallest absolute Gasteiger partial charge is 0.338 e. The monoisotopic (exact) mass is 300 g/mol. The van der Waals surface area contributed by atoms with Gasteiger partial charge in [0.15, 0.2) is 0 Å². The lowest BCUT2D eigenvalue weighted by molar-refractivity contribution is -0.139. The van der Waals surface area contributed by atoms with E-state index in [0.717, 1.165) is 12.0 Å². The number of rotatable bonds is 4. The van der Waals surface area contributed by atoms with Crippen molar-refractivity contribution in [3.8, 4) is 0 Å². The van der Waals surface area contributed by atoms with Crippen molar-refractivity contribution in [2.75, 3.05) is 11.9 Å². The maximum Gasteiger partial charge on any atom is 0.338 e. The minimum absolute atomic E-state index is 0.366. The number of ether oxygens (including phenoxy) is 1. The number of aromatic nitrogens is 5. The molecule has 1 N–H and O–H groups in total. The van der Waals surface area contributed by atoms with E-state index in [1.54, 1.807) is 17.1 Å². The molecule has 1 aliphatic heterocycles. The first kappa shape index (κ1) is 14.2. The van der Waals surface area contributed by atoms with Crippen molar-refractivity contribution in [3.05, 3.63) is 41.4 Å². The summed E-state index contributed by atoms with van der Waals surface area (Å²) in [4.78, 5) is 16.5. The van der Waals surface area contributed by atoms with Gasteiger partial charge >= 0.3 is 5.97 Å². The zero-order valence-corrected chi connectivity index (χ0v) is 12.4. The van der Waals surface area contributed by atoms with Crippen LogP contribution >= 0.6 is 0 Å². The largest absolute Gasteiger partial charge is 0.462 e. The highest BCUT2D eigenvalue weighted by atomic mass is 16.5. The Labute approximate surface area is 127 Å². The number of allylic oxidation sites excluding steroid dienone is 1. The number of nitrogens with one attached hydrogen (secondary N) is 1. The number of anilines is 1. The van der Waals surface area contributed by atoms with Gasteiger partial charge in [-0.2, -0.15) is 4.68 Å². The van der Waals surface area contributed by atoms with Crippen molar-refractivity contribution in [2.45, 2.75) is 26.3 Å². The summed E-state index contributed by atoms with van der Waals surface area (Å²) >= 11 is 0. The molecule has 8 nitrogen and oxygen atoms in total. The normalized spacial score (nSPS) is 16.9. The van der Waals surface area contributed by atoms with Crippen LogP contribution in [0.4, 0.5) is 5.95 Å². The van der Waals surface area contributed by atoms with Crippen LogP contribution in [0.25, 0.3) is 0 Å². The van der Waals surface area contributed by atoms with Crippen molar-refractivity contribution in [2.24, 2.45) is 0 Å². The number of tetrazole rings is 1. The highest BCUT2D eigenvalue weighted by Crippen LogP contribution is 2.34. The van der Waals surface area contributed by atoms with E-state index in [1.807, 2.05) is 26.0 Å². The molecule has 0 bridgehead atoms. The second kappa shape index (κ2) is 5.92. The molecule has 114 valence electrons. The van der Waals surface area contributed by atoms with E-state index in [9.17, 15) is 4.79 Å². The minimum atomic E-state index is -0.432. The summed E-state index contributed by atoms with van der Waals surface area (Å²) in [6, 6.07) is 3.24. The topological polar surface area (TPSA) is 94.8 Å². The van der Waals surface area contributed by atoms with Gasteiger partial charge in [0, 0.05) is 18.1 Å². The number of hydrogen-bond donors (Lipinski definition) is 1. The molecule has 1 atom stereocenters. The van der Waals surface area contributed by atoms with Crippen molar-refractivity contribution < 1.29 is 9.53 Å². The van der Waals surface area contributed by atoms with Gasteiger partial charge in [0.25, 0.3) is 0 Å². The van der Waals surface area contributed by atoms with Crippen molar-refractivity contribution >= 4 is 11.9 Å². The van der Waals surface area contributed by atoms with Gasteiger partial charge in [0.2, 0.25) is 5.95 Å². The molecule has 0 spiro atoms. The Morgan fingerprint density at radius 2 is 2.18 bits per heavy atom.